The molecule has 0 heterocycles. The molecule has 2 nitrogen and oxygen atoms in total. The maximum atomic E-state index is 8.91. The van der Waals surface area contributed by atoms with Crippen LogP contribution < -0.4 is 0 Å². The third-order valence-corrected chi connectivity index (χ3v) is 4.98. The molecule has 2 N–H and O–H groups in total. The van der Waals surface area contributed by atoms with E-state index in [4.69, 9.17) is 10.2 Å². The second-order valence-corrected chi connectivity index (χ2v) is 8.60. The summed E-state index contributed by atoms with van der Waals surface area (Å²) in [5.41, 5.74) is 0.804. The highest BCUT2D eigenvalue weighted by Crippen LogP contribution is 2.30. The first-order valence-electron chi connectivity index (χ1n) is 9.55. The smallest absolute Gasteiger partial charge is 0.0431 e. The van der Waals surface area contributed by atoms with Gasteiger partial charge in [-0.1, -0.05) is 66.2 Å². The average Bonchev–Trinajstić information content (AvgIpc) is 2.46. The summed E-state index contributed by atoms with van der Waals surface area (Å²) >= 11 is 0. The van der Waals surface area contributed by atoms with Gasteiger partial charge < -0.3 is 10.2 Å². The molecule has 2 heteroatoms. The van der Waals surface area contributed by atoms with E-state index in [0.29, 0.717) is 24.0 Å². The van der Waals surface area contributed by atoms with Crippen molar-refractivity contribution in [3.63, 3.8) is 0 Å². The fourth-order valence-corrected chi connectivity index (χ4v) is 3.28. The molecule has 22 heavy (non-hydrogen) atoms. The molecule has 0 aromatic carbocycles. The minimum absolute atomic E-state index is 0.331. The topological polar surface area (TPSA) is 40.5 Å². The van der Waals surface area contributed by atoms with Crippen molar-refractivity contribution in [2.45, 2.75) is 105 Å². The molecule has 0 amide bonds. The molecule has 0 unspecified atom stereocenters. The first-order chi connectivity index (χ1) is 10.3. The van der Waals surface area contributed by atoms with Gasteiger partial charge in [0, 0.05) is 13.2 Å². The minimum atomic E-state index is 0.331. The number of unbranched alkanes of at least 4 members (excludes halogenated alkanes) is 5. The van der Waals surface area contributed by atoms with Gasteiger partial charge in [0.05, 0.1) is 0 Å². The zero-order chi connectivity index (χ0) is 16.9. The zero-order valence-electron chi connectivity index (χ0n) is 15.8. The molecular formula is C20H42O2. The second kappa shape index (κ2) is 12.4. The van der Waals surface area contributed by atoms with E-state index in [1.165, 1.54) is 51.4 Å². The lowest BCUT2D eigenvalue weighted by Crippen LogP contribution is -2.12. The first kappa shape index (κ1) is 21.9. The van der Waals surface area contributed by atoms with E-state index in [0.717, 1.165) is 25.7 Å². The SMILES string of the molecule is CC(C)(CCCO)CCCCCCCCC(C)(C)CCCO. The summed E-state index contributed by atoms with van der Waals surface area (Å²) in [4.78, 5) is 0. The van der Waals surface area contributed by atoms with Crippen LogP contribution in [0, 0.1) is 10.8 Å². The Labute approximate surface area is 139 Å². The third-order valence-electron chi connectivity index (χ3n) is 4.98. The summed E-state index contributed by atoms with van der Waals surface area (Å²) in [6.07, 6.45) is 14.9. The predicted octanol–water partition coefficient (Wildman–Crippen LogP) is 5.70. The Bertz CT molecular complexity index is 220. The lowest BCUT2D eigenvalue weighted by molar-refractivity contribution is 0.226. The fourth-order valence-electron chi connectivity index (χ4n) is 3.28. The van der Waals surface area contributed by atoms with E-state index in [1.807, 2.05) is 0 Å². The van der Waals surface area contributed by atoms with E-state index < -0.39 is 0 Å². The van der Waals surface area contributed by atoms with Gasteiger partial charge >= 0.3 is 0 Å². The van der Waals surface area contributed by atoms with E-state index in [1.54, 1.807) is 0 Å². The summed E-state index contributed by atoms with van der Waals surface area (Å²) < 4.78 is 0. The summed E-state index contributed by atoms with van der Waals surface area (Å²) in [6.45, 7) is 9.98. The van der Waals surface area contributed by atoms with E-state index >= 15 is 0 Å². The largest absolute Gasteiger partial charge is 0.396 e. The third kappa shape index (κ3) is 13.6. The number of aliphatic hydroxyl groups is 2. The van der Waals surface area contributed by atoms with Gasteiger partial charge in [0.15, 0.2) is 0 Å². The van der Waals surface area contributed by atoms with Gasteiger partial charge in [0.1, 0.15) is 0 Å². The van der Waals surface area contributed by atoms with Crippen LogP contribution in [-0.4, -0.2) is 23.4 Å². The highest BCUT2D eigenvalue weighted by Gasteiger charge is 2.17. The normalized spacial score (nSPS) is 12.8. The van der Waals surface area contributed by atoms with Gasteiger partial charge in [0.2, 0.25) is 0 Å². The lowest BCUT2D eigenvalue weighted by atomic mass is 9.82. The van der Waals surface area contributed by atoms with Crippen LogP contribution in [0.4, 0.5) is 0 Å². The van der Waals surface area contributed by atoms with Crippen molar-refractivity contribution < 1.29 is 10.2 Å². The molecule has 0 saturated carbocycles. The van der Waals surface area contributed by atoms with Crippen LogP contribution in [-0.2, 0) is 0 Å². The van der Waals surface area contributed by atoms with Crippen molar-refractivity contribution in [2.24, 2.45) is 10.8 Å². The van der Waals surface area contributed by atoms with Gasteiger partial charge in [-0.05, 0) is 49.4 Å². The molecule has 0 atom stereocenters. The van der Waals surface area contributed by atoms with Crippen LogP contribution in [0.15, 0.2) is 0 Å². The molecule has 0 rings (SSSR count). The van der Waals surface area contributed by atoms with Gasteiger partial charge in [-0.15, -0.1) is 0 Å². The number of aliphatic hydroxyl groups excluding tert-OH is 2. The average molecular weight is 315 g/mol. The Morgan fingerprint density at radius 1 is 0.455 bits per heavy atom. The zero-order valence-corrected chi connectivity index (χ0v) is 15.8. The Balaban J connectivity index is 3.47. The molecule has 134 valence electrons. The standard InChI is InChI=1S/C20H42O2/c1-19(2,15-11-17-21)13-9-7-5-6-8-10-14-20(3,4)16-12-18-22/h21-22H,5-18H2,1-4H3. The summed E-state index contributed by atoms with van der Waals surface area (Å²) in [5, 5.41) is 17.8. The van der Waals surface area contributed by atoms with Crippen LogP contribution in [0.2, 0.25) is 0 Å². The number of hydrogen-bond donors (Lipinski definition) is 2. The molecule has 0 saturated heterocycles. The summed E-state index contributed by atoms with van der Waals surface area (Å²) in [6, 6.07) is 0. The Morgan fingerprint density at radius 2 is 0.727 bits per heavy atom. The van der Waals surface area contributed by atoms with Gasteiger partial charge in [-0.2, -0.15) is 0 Å². The van der Waals surface area contributed by atoms with E-state index in [2.05, 4.69) is 27.7 Å². The van der Waals surface area contributed by atoms with Gasteiger partial charge in [-0.3, -0.25) is 0 Å². The first-order valence-corrected chi connectivity index (χ1v) is 9.55. The van der Waals surface area contributed by atoms with Gasteiger partial charge in [-0.25, -0.2) is 0 Å². The molecule has 0 radical (unpaired) electrons. The molecule has 0 aromatic rings. The molecule has 0 aromatic heterocycles. The highest BCUT2D eigenvalue weighted by atomic mass is 16.3. The number of hydrogen-bond acceptors (Lipinski definition) is 2. The van der Waals surface area contributed by atoms with Crippen molar-refractivity contribution in [1.29, 1.82) is 0 Å². The Hall–Kier alpha value is -0.0800. The van der Waals surface area contributed by atoms with Crippen molar-refractivity contribution in [3.8, 4) is 0 Å². The molecule has 0 bridgehead atoms. The predicted molar refractivity (Wildman–Crippen MR) is 97.1 cm³/mol. The van der Waals surface area contributed by atoms with Gasteiger partial charge in [0.25, 0.3) is 0 Å². The number of rotatable bonds is 15. The monoisotopic (exact) mass is 314 g/mol. The van der Waals surface area contributed by atoms with Crippen LogP contribution in [0.5, 0.6) is 0 Å². The van der Waals surface area contributed by atoms with Crippen molar-refractivity contribution >= 4 is 0 Å². The molecule has 0 aliphatic heterocycles. The van der Waals surface area contributed by atoms with E-state index in [-0.39, 0.29) is 0 Å². The van der Waals surface area contributed by atoms with Crippen LogP contribution in [0.3, 0.4) is 0 Å². The van der Waals surface area contributed by atoms with Crippen LogP contribution in [0.25, 0.3) is 0 Å². The van der Waals surface area contributed by atoms with Crippen molar-refractivity contribution in [3.05, 3.63) is 0 Å². The molecular weight excluding hydrogens is 272 g/mol. The van der Waals surface area contributed by atoms with Crippen LogP contribution in [0.1, 0.15) is 105 Å². The highest BCUT2D eigenvalue weighted by molar-refractivity contribution is 4.69. The van der Waals surface area contributed by atoms with Crippen molar-refractivity contribution in [1.82, 2.24) is 0 Å². The molecule has 0 fully saturated rings. The molecule has 0 aliphatic carbocycles. The quantitative estimate of drug-likeness (QED) is 0.380. The van der Waals surface area contributed by atoms with E-state index in [9.17, 15) is 0 Å². The summed E-state index contributed by atoms with van der Waals surface area (Å²) in [7, 11) is 0. The lowest BCUT2D eigenvalue weighted by Gasteiger charge is -2.24. The minimum Gasteiger partial charge on any atom is -0.396 e. The Morgan fingerprint density at radius 3 is 1.05 bits per heavy atom. The molecule has 0 spiro atoms. The fraction of sp³-hybridized carbons (Fsp3) is 1.00. The van der Waals surface area contributed by atoms with Crippen LogP contribution >= 0.6 is 0 Å². The Kier molecular flexibility index (Phi) is 12.3. The maximum absolute atomic E-state index is 8.91. The second-order valence-electron chi connectivity index (χ2n) is 8.60. The van der Waals surface area contributed by atoms with Crippen molar-refractivity contribution in [2.75, 3.05) is 13.2 Å². The maximum Gasteiger partial charge on any atom is 0.0431 e. The molecule has 0 aliphatic rings. The summed E-state index contributed by atoms with van der Waals surface area (Å²) in [5.74, 6) is 0.